The first-order valence-corrected chi connectivity index (χ1v) is 9.41. The van der Waals surface area contributed by atoms with Crippen LogP contribution in [0.2, 0.25) is 5.02 Å². The molecule has 0 saturated carbocycles. The van der Waals surface area contributed by atoms with Gasteiger partial charge in [0.25, 0.3) is 0 Å². The largest absolute Gasteiger partial charge is 0.422 e. The van der Waals surface area contributed by atoms with Crippen molar-refractivity contribution in [3.8, 4) is 6.07 Å². The van der Waals surface area contributed by atoms with Gasteiger partial charge < -0.3 is 9.15 Å². The molecule has 0 spiro atoms. The number of nitrogens with zero attached hydrogens (tertiary/aromatic N) is 4. The fourth-order valence-electron chi connectivity index (χ4n) is 2.45. The Morgan fingerprint density at radius 3 is 2.88 bits per heavy atom. The number of sulfonamides is 1. The minimum atomic E-state index is -3.84. The molecule has 0 unspecified atom stereocenters. The second-order valence-corrected chi connectivity index (χ2v) is 7.68. The number of benzene rings is 1. The van der Waals surface area contributed by atoms with Crippen molar-refractivity contribution in [2.45, 2.75) is 24.3 Å². The summed E-state index contributed by atoms with van der Waals surface area (Å²) in [5.41, 5.74) is 0.293. The molecule has 2 aromatic rings. The predicted octanol–water partition coefficient (Wildman–Crippen LogP) is 1.92. The molecule has 1 atom stereocenters. The molecule has 0 amide bonds. The van der Waals surface area contributed by atoms with Crippen molar-refractivity contribution in [3.63, 3.8) is 0 Å². The Labute approximate surface area is 150 Å². The Morgan fingerprint density at radius 1 is 1.44 bits per heavy atom. The summed E-state index contributed by atoms with van der Waals surface area (Å²) in [6, 6.07) is 6.01. The Kier molecular flexibility index (Phi) is 5.06. The van der Waals surface area contributed by atoms with Crippen LogP contribution >= 0.6 is 11.6 Å². The summed E-state index contributed by atoms with van der Waals surface area (Å²) in [4.78, 5) is -0.0476. The molecule has 2 heterocycles. The molecule has 1 aliphatic heterocycles. The zero-order valence-electron chi connectivity index (χ0n) is 13.3. The third kappa shape index (κ3) is 3.52. The lowest BCUT2D eigenvalue weighted by Crippen LogP contribution is -2.42. The van der Waals surface area contributed by atoms with Gasteiger partial charge in [-0.05, 0) is 18.2 Å². The number of nitriles is 1. The molecular formula is C15H15ClN4O4S. The van der Waals surface area contributed by atoms with E-state index in [1.54, 1.807) is 0 Å². The van der Waals surface area contributed by atoms with Gasteiger partial charge in [-0.25, -0.2) is 8.42 Å². The highest BCUT2D eigenvalue weighted by Crippen LogP contribution is 2.29. The third-order valence-electron chi connectivity index (χ3n) is 3.77. The smallest absolute Gasteiger partial charge is 0.246 e. The van der Waals surface area contributed by atoms with Crippen molar-refractivity contribution < 1.29 is 17.6 Å². The van der Waals surface area contributed by atoms with Crippen molar-refractivity contribution >= 4 is 21.6 Å². The van der Waals surface area contributed by atoms with Crippen molar-refractivity contribution in [1.29, 1.82) is 5.26 Å². The second kappa shape index (κ2) is 7.09. The Bertz CT molecular complexity index is 922. The minimum Gasteiger partial charge on any atom is -0.422 e. The van der Waals surface area contributed by atoms with Crippen molar-refractivity contribution in [2.75, 3.05) is 19.7 Å². The molecule has 0 bridgehead atoms. The van der Waals surface area contributed by atoms with Crippen LogP contribution in [0.1, 0.15) is 30.4 Å². The first-order valence-electron chi connectivity index (χ1n) is 7.59. The standard InChI is InChI=1S/C15H15ClN4O4S/c1-2-14-18-19-15(24-14)12-9-20(5-6-23-12)25(21,22)13-4-3-10(8-17)7-11(13)16/h3-4,7,12H,2,5-6,9H2,1H3/t12-/m0/s1. The van der Waals surface area contributed by atoms with E-state index in [0.29, 0.717) is 17.9 Å². The topological polar surface area (TPSA) is 109 Å². The molecule has 1 saturated heterocycles. The zero-order chi connectivity index (χ0) is 18.0. The number of rotatable bonds is 4. The van der Waals surface area contributed by atoms with Crippen LogP contribution in [0.5, 0.6) is 0 Å². The molecule has 0 radical (unpaired) electrons. The fourth-order valence-corrected chi connectivity index (χ4v) is 4.39. The van der Waals surface area contributed by atoms with E-state index in [-0.39, 0.29) is 35.5 Å². The Morgan fingerprint density at radius 2 is 2.24 bits per heavy atom. The molecule has 0 aliphatic carbocycles. The molecular weight excluding hydrogens is 368 g/mol. The van der Waals surface area contributed by atoms with E-state index >= 15 is 0 Å². The van der Waals surface area contributed by atoms with E-state index in [4.69, 9.17) is 26.0 Å². The van der Waals surface area contributed by atoms with Crippen LogP contribution in [0.15, 0.2) is 27.5 Å². The lowest BCUT2D eigenvalue weighted by atomic mass is 10.2. The molecule has 1 aliphatic rings. The molecule has 3 rings (SSSR count). The van der Waals surface area contributed by atoms with Gasteiger partial charge in [-0.2, -0.15) is 9.57 Å². The maximum Gasteiger partial charge on any atom is 0.246 e. The Balaban J connectivity index is 1.86. The highest BCUT2D eigenvalue weighted by molar-refractivity contribution is 7.89. The SMILES string of the molecule is CCc1nnc([C@@H]2CN(S(=O)(=O)c3ccc(C#N)cc3Cl)CCO2)o1. The van der Waals surface area contributed by atoms with Gasteiger partial charge >= 0.3 is 0 Å². The number of ether oxygens (including phenoxy) is 1. The summed E-state index contributed by atoms with van der Waals surface area (Å²) in [6.07, 6.45) is -0.0451. The van der Waals surface area contributed by atoms with E-state index in [1.807, 2.05) is 13.0 Å². The molecule has 0 N–H and O–H groups in total. The van der Waals surface area contributed by atoms with E-state index in [1.165, 1.54) is 22.5 Å². The minimum absolute atomic E-state index is 0.00755. The summed E-state index contributed by atoms with van der Waals surface area (Å²) in [5.74, 6) is 0.719. The summed E-state index contributed by atoms with van der Waals surface area (Å²) >= 11 is 6.06. The van der Waals surface area contributed by atoms with Gasteiger partial charge in [0.2, 0.25) is 21.8 Å². The number of hydrogen-bond acceptors (Lipinski definition) is 7. The van der Waals surface area contributed by atoms with Crippen LogP contribution in [0.3, 0.4) is 0 Å². The van der Waals surface area contributed by atoms with Gasteiger partial charge in [0, 0.05) is 19.5 Å². The number of halogens is 1. The van der Waals surface area contributed by atoms with Crippen LogP contribution in [0.25, 0.3) is 0 Å². The lowest BCUT2D eigenvalue weighted by molar-refractivity contribution is -0.0177. The number of morpholine rings is 1. The average molecular weight is 383 g/mol. The highest BCUT2D eigenvalue weighted by Gasteiger charge is 2.35. The van der Waals surface area contributed by atoms with Gasteiger partial charge in [0.1, 0.15) is 11.0 Å². The van der Waals surface area contributed by atoms with Crippen molar-refractivity contribution in [2.24, 2.45) is 0 Å². The highest BCUT2D eigenvalue weighted by atomic mass is 35.5. The van der Waals surface area contributed by atoms with Crippen LogP contribution < -0.4 is 0 Å². The van der Waals surface area contributed by atoms with Crippen molar-refractivity contribution in [3.05, 3.63) is 40.6 Å². The predicted molar refractivity (Wildman–Crippen MR) is 87.3 cm³/mol. The van der Waals surface area contributed by atoms with Gasteiger partial charge in [0.15, 0.2) is 0 Å². The summed E-state index contributed by atoms with van der Waals surface area (Å²) in [7, 11) is -3.84. The first kappa shape index (κ1) is 17.8. The molecule has 25 heavy (non-hydrogen) atoms. The monoisotopic (exact) mass is 382 g/mol. The first-order chi connectivity index (χ1) is 12.0. The van der Waals surface area contributed by atoms with Crippen molar-refractivity contribution in [1.82, 2.24) is 14.5 Å². The summed E-state index contributed by atoms with van der Waals surface area (Å²) < 4.78 is 38.1. The molecule has 1 fully saturated rings. The van der Waals surface area contributed by atoms with E-state index in [2.05, 4.69) is 10.2 Å². The number of hydrogen-bond donors (Lipinski definition) is 0. The lowest BCUT2D eigenvalue weighted by Gasteiger charge is -2.30. The fraction of sp³-hybridized carbons (Fsp3) is 0.400. The normalized spacial score (nSPS) is 18.8. The molecule has 1 aromatic heterocycles. The maximum absolute atomic E-state index is 12.9. The zero-order valence-corrected chi connectivity index (χ0v) is 14.9. The molecule has 8 nitrogen and oxygen atoms in total. The van der Waals surface area contributed by atoms with Crippen LogP contribution in [0, 0.1) is 11.3 Å². The van der Waals surface area contributed by atoms with E-state index < -0.39 is 16.1 Å². The Hall–Kier alpha value is -1.99. The molecule has 1 aromatic carbocycles. The van der Waals surface area contributed by atoms with Crippen LogP contribution in [-0.2, 0) is 21.2 Å². The number of aryl methyl sites for hydroxylation is 1. The van der Waals surface area contributed by atoms with Gasteiger partial charge in [-0.1, -0.05) is 18.5 Å². The van der Waals surface area contributed by atoms with Gasteiger partial charge in [-0.3, -0.25) is 0 Å². The summed E-state index contributed by atoms with van der Waals surface area (Å²) in [6.45, 7) is 2.30. The quantitative estimate of drug-likeness (QED) is 0.794. The molecule has 10 heteroatoms. The average Bonchev–Trinajstić information content (AvgIpc) is 3.10. The third-order valence-corrected chi connectivity index (χ3v) is 6.12. The summed E-state index contributed by atoms with van der Waals surface area (Å²) in [5, 5.41) is 16.7. The van der Waals surface area contributed by atoms with Crippen LogP contribution in [0.4, 0.5) is 0 Å². The maximum atomic E-state index is 12.9. The van der Waals surface area contributed by atoms with E-state index in [9.17, 15) is 8.42 Å². The van der Waals surface area contributed by atoms with Gasteiger partial charge in [0.05, 0.1) is 23.3 Å². The van der Waals surface area contributed by atoms with Crippen LogP contribution in [-0.4, -0.2) is 42.6 Å². The number of aromatic nitrogens is 2. The van der Waals surface area contributed by atoms with E-state index in [0.717, 1.165) is 0 Å². The second-order valence-electron chi connectivity index (χ2n) is 5.37. The van der Waals surface area contributed by atoms with Gasteiger partial charge in [-0.15, -0.1) is 10.2 Å². The molecule has 132 valence electrons.